The second-order valence-electron chi connectivity index (χ2n) is 4.27. The molecule has 0 spiro atoms. The molecule has 0 bridgehead atoms. The minimum atomic E-state index is 0.128. The lowest BCUT2D eigenvalue weighted by molar-refractivity contribution is -0.122. The molecule has 2 N–H and O–H groups in total. The Kier molecular flexibility index (Phi) is 3.31. The number of carbonyl (C=O) groups is 1. The molecule has 1 fully saturated rings. The first-order valence-electron chi connectivity index (χ1n) is 5.10. The van der Waals surface area contributed by atoms with Gasteiger partial charge in [-0.05, 0) is 33.2 Å². The van der Waals surface area contributed by atoms with Crippen molar-refractivity contribution in [3.63, 3.8) is 0 Å². The lowest BCUT2D eigenvalue weighted by atomic mass is 10.2. The van der Waals surface area contributed by atoms with E-state index in [4.69, 9.17) is 0 Å². The second kappa shape index (κ2) is 4.09. The summed E-state index contributed by atoms with van der Waals surface area (Å²) in [5.74, 6) is 0.174. The van der Waals surface area contributed by atoms with Crippen molar-refractivity contribution in [2.75, 3.05) is 6.54 Å². The van der Waals surface area contributed by atoms with E-state index in [0.717, 1.165) is 19.4 Å². The zero-order valence-corrected chi connectivity index (χ0v) is 8.81. The smallest absolute Gasteiger partial charge is 0.221 e. The first-order valence-corrected chi connectivity index (χ1v) is 5.10. The quantitative estimate of drug-likeness (QED) is 0.670. The summed E-state index contributed by atoms with van der Waals surface area (Å²) < 4.78 is 0. The van der Waals surface area contributed by atoms with Crippen molar-refractivity contribution in [2.45, 2.75) is 51.6 Å². The van der Waals surface area contributed by atoms with Gasteiger partial charge in [0, 0.05) is 18.0 Å². The topological polar surface area (TPSA) is 41.1 Å². The van der Waals surface area contributed by atoms with Gasteiger partial charge < -0.3 is 10.6 Å². The summed E-state index contributed by atoms with van der Waals surface area (Å²) in [6, 6.07) is 0.285. The van der Waals surface area contributed by atoms with Gasteiger partial charge in [-0.15, -0.1) is 0 Å². The van der Waals surface area contributed by atoms with E-state index in [1.165, 1.54) is 0 Å². The fourth-order valence-electron chi connectivity index (χ4n) is 1.40. The monoisotopic (exact) mass is 184 g/mol. The van der Waals surface area contributed by atoms with Crippen LogP contribution in [0.25, 0.3) is 0 Å². The van der Waals surface area contributed by atoms with E-state index in [1.807, 2.05) is 6.92 Å². The lowest BCUT2D eigenvalue weighted by Crippen LogP contribution is -2.38. The highest BCUT2D eigenvalue weighted by Crippen LogP contribution is 2.34. The van der Waals surface area contributed by atoms with Gasteiger partial charge in [0.2, 0.25) is 5.91 Å². The molecule has 76 valence electrons. The zero-order chi connectivity index (χ0) is 9.90. The van der Waals surface area contributed by atoms with E-state index in [-0.39, 0.29) is 17.5 Å². The summed E-state index contributed by atoms with van der Waals surface area (Å²) in [7, 11) is 0. The van der Waals surface area contributed by atoms with Crippen LogP contribution in [-0.2, 0) is 4.79 Å². The molecule has 3 nitrogen and oxygen atoms in total. The Morgan fingerprint density at radius 2 is 2.15 bits per heavy atom. The molecule has 0 saturated heterocycles. The minimum Gasteiger partial charge on any atom is -0.351 e. The van der Waals surface area contributed by atoms with Crippen molar-refractivity contribution < 1.29 is 4.79 Å². The summed E-state index contributed by atoms with van der Waals surface area (Å²) in [5, 5.41) is 6.26. The van der Waals surface area contributed by atoms with Gasteiger partial charge in [-0.3, -0.25) is 4.79 Å². The molecule has 3 heteroatoms. The van der Waals surface area contributed by atoms with Crippen LogP contribution in [0.4, 0.5) is 0 Å². The van der Waals surface area contributed by atoms with E-state index in [1.54, 1.807) is 0 Å². The molecule has 0 aromatic rings. The van der Waals surface area contributed by atoms with Gasteiger partial charge in [-0.2, -0.15) is 0 Å². The number of amides is 1. The lowest BCUT2D eigenvalue weighted by Gasteiger charge is -2.15. The molecule has 1 atom stereocenters. The van der Waals surface area contributed by atoms with Gasteiger partial charge in [0.15, 0.2) is 0 Å². The number of hydrogen-bond donors (Lipinski definition) is 2. The Labute approximate surface area is 80.3 Å². The van der Waals surface area contributed by atoms with Crippen molar-refractivity contribution in [1.29, 1.82) is 0 Å². The molecule has 1 saturated carbocycles. The number of rotatable bonds is 5. The fourth-order valence-corrected chi connectivity index (χ4v) is 1.40. The molecular formula is C10H20N2O. The predicted molar refractivity (Wildman–Crippen MR) is 53.5 cm³/mol. The molecule has 1 rings (SSSR count). The maximum atomic E-state index is 11.4. The standard InChI is InChI=1S/C10H20N2O/c1-4-11-8(2)7-9(13)12-10(3)5-6-10/h8,11H,4-7H2,1-3H3,(H,12,13). The van der Waals surface area contributed by atoms with E-state index < -0.39 is 0 Å². The van der Waals surface area contributed by atoms with Crippen LogP contribution < -0.4 is 10.6 Å². The van der Waals surface area contributed by atoms with Gasteiger partial charge in [0.25, 0.3) is 0 Å². The van der Waals surface area contributed by atoms with Crippen LogP contribution in [0.2, 0.25) is 0 Å². The average molecular weight is 184 g/mol. The maximum Gasteiger partial charge on any atom is 0.221 e. The van der Waals surface area contributed by atoms with E-state index in [0.29, 0.717) is 6.42 Å². The van der Waals surface area contributed by atoms with Crippen molar-refractivity contribution in [3.05, 3.63) is 0 Å². The van der Waals surface area contributed by atoms with Crippen LogP contribution in [0.1, 0.15) is 40.0 Å². The van der Waals surface area contributed by atoms with E-state index >= 15 is 0 Å². The number of carbonyl (C=O) groups excluding carboxylic acids is 1. The zero-order valence-electron chi connectivity index (χ0n) is 8.81. The van der Waals surface area contributed by atoms with Gasteiger partial charge >= 0.3 is 0 Å². The van der Waals surface area contributed by atoms with Crippen LogP contribution in [0.5, 0.6) is 0 Å². The van der Waals surface area contributed by atoms with Gasteiger partial charge in [-0.1, -0.05) is 6.92 Å². The largest absolute Gasteiger partial charge is 0.351 e. The first-order chi connectivity index (χ1) is 6.06. The Morgan fingerprint density at radius 3 is 2.62 bits per heavy atom. The van der Waals surface area contributed by atoms with Crippen LogP contribution in [0.3, 0.4) is 0 Å². The molecule has 1 aliphatic rings. The highest BCUT2D eigenvalue weighted by atomic mass is 16.1. The van der Waals surface area contributed by atoms with E-state index in [9.17, 15) is 4.79 Å². The van der Waals surface area contributed by atoms with Gasteiger partial charge in [0.1, 0.15) is 0 Å². The molecule has 0 radical (unpaired) electrons. The van der Waals surface area contributed by atoms with Crippen LogP contribution in [-0.4, -0.2) is 24.0 Å². The first kappa shape index (κ1) is 10.5. The molecule has 0 aromatic heterocycles. The average Bonchev–Trinajstić information content (AvgIpc) is 2.67. The summed E-state index contributed by atoms with van der Waals surface area (Å²) in [6.07, 6.45) is 2.85. The minimum absolute atomic E-state index is 0.128. The number of hydrogen-bond acceptors (Lipinski definition) is 2. The third-order valence-corrected chi connectivity index (χ3v) is 2.49. The molecular weight excluding hydrogens is 164 g/mol. The van der Waals surface area contributed by atoms with Gasteiger partial charge in [0.05, 0.1) is 0 Å². The third kappa shape index (κ3) is 3.77. The molecule has 1 aliphatic carbocycles. The van der Waals surface area contributed by atoms with Crippen LogP contribution in [0.15, 0.2) is 0 Å². The highest BCUT2D eigenvalue weighted by Gasteiger charge is 2.38. The molecule has 13 heavy (non-hydrogen) atoms. The number of nitrogens with one attached hydrogen (secondary N) is 2. The second-order valence-corrected chi connectivity index (χ2v) is 4.27. The van der Waals surface area contributed by atoms with Gasteiger partial charge in [-0.25, -0.2) is 0 Å². The Balaban J connectivity index is 2.17. The molecule has 0 aromatic carbocycles. The Bertz CT molecular complexity index is 187. The Hall–Kier alpha value is -0.570. The highest BCUT2D eigenvalue weighted by molar-refractivity contribution is 5.77. The molecule has 1 unspecified atom stereocenters. The maximum absolute atomic E-state index is 11.4. The van der Waals surface area contributed by atoms with E-state index in [2.05, 4.69) is 24.5 Å². The summed E-state index contributed by atoms with van der Waals surface area (Å²) in [4.78, 5) is 11.4. The summed E-state index contributed by atoms with van der Waals surface area (Å²) in [5.41, 5.74) is 0.128. The normalized spacial score (nSPS) is 20.8. The van der Waals surface area contributed by atoms with Crippen molar-refractivity contribution in [1.82, 2.24) is 10.6 Å². The molecule has 0 heterocycles. The van der Waals surface area contributed by atoms with Crippen molar-refractivity contribution in [2.24, 2.45) is 0 Å². The predicted octanol–water partition coefficient (Wildman–Crippen LogP) is 1.04. The van der Waals surface area contributed by atoms with Crippen LogP contribution >= 0.6 is 0 Å². The van der Waals surface area contributed by atoms with Crippen LogP contribution in [0, 0.1) is 0 Å². The third-order valence-electron chi connectivity index (χ3n) is 2.49. The molecule has 0 aliphatic heterocycles. The van der Waals surface area contributed by atoms with Crippen molar-refractivity contribution in [3.8, 4) is 0 Å². The summed E-state index contributed by atoms with van der Waals surface area (Å²) >= 11 is 0. The van der Waals surface area contributed by atoms with Crippen molar-refractivity contribution >= 4 is 5.91 Å². The fraction of sp³-hybridized carbons (Fsp3) is 0.900. The molecule has 1 amide bonds. The summed E-state index contributed by atoms with van der Waals surface area (Å²) in [6.45, 7) is 7.11. The Morgan fingerprint density at radius 1 is 1.54 bits per heavy atom. The SMILES string of the molecule is CCNC(C)CC(=O)NC1(C)CC1.